The molecule has 0 heterocycles. The average Bonchev–Trinajstić information content (AvgIpc) is 2.91. The molecular formula is C15H22O. The van der Waals surface area contributed by atoms with Crippen molar-refractivity contribution in [3.05, 3.63) is 35.4 Å². The first-order chi connectivity index (χ1) is 7.37. The van der Waals surface area contributed by atoms with Gasteiger partial charge >= 0.3 is 0 Å². The molecule has 88 valence electrons. The van der Waals surface area contributed by atoms with Crippen LogP contribution in [0.25, 0.3) is 0 Å². The molecule has 0 radical (unpaired) electrons. The highest BCUT2D eigenvalue weighted by Crippen LogP contribution is 2.58. The van der Waals surface area contributed by atoms with Crippen molar-refractivity contribution < 1.29 is 5.11 Å². The molecule has 1 aliphatic carbocycles. The van der Waals surface area contributed by atoms with Crippen molar-refractivity contribution in [3.63, 3.8) is 0 Å². The van der Waals surface area contributed by atoms with E-state index < -0.39 is 0 Å². The first-order valence-electron chi connectivity index (χ1n) is 6.08. The van der Waals surface area contributed by atoms with Crippen molar-refractivity contribution in [1.29, 1.82) is 0 Å². The number of rotatable bonds is 2. The molecule has 0 saturated heterocycles. The van der Waals surface area contributed by atoms with Crippen LogP contribution in [0.3, 0.4) is 0 Å². The van der Waals surface area contributed by atoms with Gasteiger partial charge in [-0.25, -0.2) is 0 Å². The molecule has 1 aliphatic rings. The summed E-state index contributed by atoms with van der Waals surface area (Å²) in [6, 6.07) is 8.91. The predicted molar refractivity (Wildman–Crippen MR) is 67.7 cm³/mol. The third kappa shape index (κ3) is 2.01. The summed E-state index contributed by atoms with van der Waals surface area (Å²) in [6.45, 7) is 9.17. The van der Waals surface area contributed by atoms with Gasteiger partial charge in [0, 0.05) is 6.61 Å². The zero-order valence-electron chi connectivity index (χ0n) is 10.7. The standard InChI is InChI=1S/C15H22O/c1-14(2,3)12-7-5-11(6-8-12)13-9-15(13,4)10-16/h5-8,13,16H,9-10H2,1-4H3/t13-,15-/m1/s1. The summed E-state index contributed by atoms with van der Waals surface area (Å²) in [4.78, 5) is 0. The molecule has 1 aromatic rings. The smallest absolute Gasteiger partial charge is 0.0490 e. The normalized spacial score (nSPS) is 29.2. The number of hydrogen-bond acceptors (Lipinski definition) is 1. The van der Waals surface area contributed by atoms with Crippen LogP contribution in [0.5, 0.6) is 0 Å². The molecular weight excluding hydrogens is 196 g/mol. The quantitative estimate of drug-likeness (QED) is 0.806. The molecule has 0 aliphatic heterocycles. The zero-order chi connectivity index (χ0) is 12.0. The number of hydrogen-bond donors (Lipinski definition) is 1. The second-order valence-electron chi connectivity index (χ2n) is 6.44. The molecule has 0 amide bonds. The lowest BCUT2D eigenvalue weighted by Gasteiger charge is -2.19. The highest BCUT2D eigenvalue weighted by atomic mass is 16.3. The van der Waals surface area contributed by atoms with E-state index in [9.17, 15) is 5.11 Å². The summed E-state index contributed by atoms with van der Waals surface area (Å²) < 4.78 is 0. The van der Waals surface area contributed by atoms with Crippen LogP contribution in [0.15, 0.2) is 24.3 Å². The van der Waals surface area contributed by atoms with E-state index in [1.165, 1.54) is 11.1 Å². The van der Waals surface area contributed by atoms with Gasteiger partial charge in [-0.05, 0) is 34.3 Å². The Bertz CT molecular complexity index is 371. The van der Waals surface area contributed by atoms with Gasteiger partial charge in [-0.15, -0.1) is 0 Å². The van der Waals surface area contributed by atoms with E-state index in [0.29, 0.717) is 12.5 Å². The van der Waals surface area contributed by atoms with Gasteiger partial charge in [0.15, 0.2) is 0 Å². The van der Waals surface area contributed by atoms with Crippen LogP contribution < -0.4 is 0 Å². The molecule has 16 heavy (non-hydrogen) atoms. The third-order valence-corrected chi connectivity index (χ3v) is 3.89. The Morgan fingerprint density at radius 2 is 1.81 bits per heavy atom. The lowest BCUT2D eigenvalue weighted by Crippen LogP contribution is -2.10. The van der Waals surface area contributed by atoms with E-state index >= 15 is 0 Å². The maximum atomic E-state index is 9.28. The fourth-order valence-corrected chi connectivity index (χ4v) is 2.32. The highest BCUT2D eigenvalue weighted by molar-refractivity contribution is 5.34. The van der Waals surface area contributed by atoms with Crippen LogP contribution in [-0.2, 0) is 5.41 Å². The minimum atomic E-state index is 0.142. The summed E-state index contributed by atoms with van der Waals surface area (Å²) in [6.07, 6.45) is 1.12. The number of benzene rings is 1. The molecule has 1 heteroatoms. The Kier molecular flexibility index (Phi) is 2.62. The van der Waals surface area contributed by atoms with Crippen molar-refractivity contribution in [2.75, 3.05) is 6.61 Å². The Morgan fingerprint density at radius 3 is 2.19 bits per heavy atom. The molecule has 2 rings (SSSR count). The Balaban J connectivity index is 2.16. The summed E-state index contributed by atoms with van der Waals surface area (Å²) in [5.74, 6) is 0.562. The summed E-state index contributed by atoms with van der Waals surface area (Å²) in [7, 11) is 0. The molecule has 0 unspecified atom stereocenters. The summed E-state index contributed by atoms with van der Waals surface area (Å²) >= 11 is 0. The molecule has 1 aromatic carbocycles. The summed E-state index contributed by atoms with van der Waals surface area (Å²) in [5.41, 5.74) is 3.12. The second-order valence-corrected chi connectivity index (χ2v) is 6.44. The fourth-order valence-electron chi connectivity index (χ4n) is 2.32. The topological polar surface area (TPSA) is 20.2 Å². The maximum Gasteiger partial charge on any atom is 0.0490 e. The lowest BCUT2D eigenvalue weighted by molar-refractivity contribution is 0.220. The van der Waals surface area contributed by atoms with E-state index in [1.54, 1.807) is 0 Å². The van der Waals surface area contributed by atoms with E-state index in [0.717, 1.165) is 6.42 Å². The number of aliphatic hydroxyl groups excluding tert-OH is 1. The van der Waals surface area contributed by atoms with Gasteiger partial charge in [-0.2, -0.15) is 0 Å². The molecule has 1 N–H and O–H groups in total. The van der Waals surface area contributed by atoms with Crippen molar-refractivity contribution in [1.82, 2.24) is 0 Å². The van der Waals surface area contributed by atoms with Crippen molar-refractivity contribution in [2.24, 2.45) is 5.41 Å². The minimum absolute atomic E-state index is 0.142. The Labute approximate surface area is 98.5 Å². The van der Waals surface area contributed by atoms with Gasteiger partial charge in [-0.3, -0.25) is 0 Å². The fraction of sp³-hybridized carbons (Fsp3) is 0.600. The first-order valence-corrected chi connectivity index (χ1v) is 6.08. The van der Waals surface area contributed by atoms with E-state index in [1.807, 2.05) is 0 Å². The van der Waals surface area contributed by atoms with Gasteiger partial charge in [0.2, 0.25) is 0 Å². The highest BCUT2D eigenvalue weighted by Gasteiger charge is 2.50. The largest absolute Gasteiger partial charge is 0.396 e. The van der Waals surface area contributed by atoms with E-state index in [-0.39, 0.29) is 10.8 Å². The zero-order valence-corrected chi connectivity index (χ0v) is 10.7. The number of aliphatic hydroxyl groups is 1. The third-order valence-electron chi connectivity index (χ3n) is 3.89. The van der Waals surface area contributed by atoms with Gasteiger partial charge in [0.25, 0.3) is 0 Å². The minimum Gasteiger partial charge on any atom is -0.396 e. The SMILES string of the molecule is CC(C)(C)c1ccc([C@H]2C[C@]2(C)CO)cc1. The molecule has 1 fully saturated rings. The van der Waals surface area contributed by atoms with Gasteiger partial charge in [0.1, 0.15) is 0 Å². The molecule has 1 nitrogen and oxygen atoms in total. The molecule has 2 atom stereocenters. The molecule has 1 saturated carbocycles. The Morgan fingerprint density at radius 1 is 1.25 bits per heavy atom. The van der Waals surface area contributed by atoms with Crippen molar-refractivity contribution in [2.45, 2.75) is 45.4 Å². The monoisotopic (exact) mass is 218 g/mol. The second kappa shape index (κ2) is 3.59. The van der Waals surface area contributed by atoms with Gasteiger partial charge < -0.3 is 5.11 Å². The van der Waals surface area contributed by atoms with E-state index in [2.05, 4.69) is 52.0 Å². The molecule has 0 bridgehead atoms. The van der Waals surface area contributed by atoms with Gasteiger partial charge in [-0.1, -0.05) is 52.0 Å². The summed E-state index contributed by atoms with van der Waals surface area (Å²) in [5, 5.41) is 9.28. The molecule has 0 spiro atoms. The van der Waals surface area contributed by atoms with Crippen LogP contribution >= 0.6 is 0 Å². The van der Waals surface area contributed by atoms with Crippen LogP contribution in [0, 0.1) is 5.41 Å². The van der Waals surface area contributed by atoms with Crippen LogP contribution in [-0.4, -0.2) is 11.7 Å². The van der Waals surface area contributed by atoms with Crippen molar-refractivity contribution in [3.8, 4) is 0 Å². The van der Waals surface area contributed by atoms with E-state index in [4.69, 9.17) is 0 Å². The van der Waals surface area contributed by atoms with Crippen LogP contribution in [0.4, 0.5) is 0 Å². The lowest BCUT2D eigenvalue weighted by atomic mass is 9.86. The van der Waals surface area contributed by atoms with Gasteiger partial charge in [0.05, 0.1) is 0 Å². The predicted octanol–water partition coefficient (Wildman–Crippen LogP) is 3.47. The molecule has 0 aromatic heterocycles. The van der Waals surface area contributed by atoms with Crippen LogP contribution in [0.2, 0.25) is 0 Å². The average molecular weight is 218 g/mol. The Hall–Kier alpha value is -0.820. The maximum absolute atomic E-state index is 9.28. The van der Waals surface area contributed by atoms with Crippen molar-refractivity contribution >= 4 is 0 Å². The first kappa shape index (κ1) is 11.7. The van der Waals surface area contributed by atoms with Crippen LogP contribution in [0.1, 0.15) is 51.2 Å².